The second-order valence-corrected chi connectivity index (χ2v) is 4.75. The summed E-state index contributed by atoms with van der Waals surface area (Å²) in [5.74, 6) is 2.38. The lowest BCUT2D eigenvalue weighted by Gasteiger charge is -2.18. The Morgan fingerprint density at radius 3 is 2.50 bits per heavy atom. The van der Waals surface area contributed by atoms with Crippen LogP contribution in [0.1, 0.15) is 12.7 Å². The Morgan fingerprint density at radius 1 is 1.10 bits per heavy atom. The lowest BCUT2D eigenvalue weighted by atomic mass is 10.2. The predicted octanol–water partition coefficient (Wildman–Crippen LogP) is 3.03. The smallest absolute Gasteiger partial charge is 0.136 e. The first kappa shape index (κ1) is 14.1. The molecule has 0 aliphatic heterocycles. The maximum Gasteiger partial charge on any atom is 0.136 e. The molecule has 5 nitrogen and oxygen atoms in total. The van der Waals surface area contributed by atoms with Crippen LogP contribution in [0.5, 0.6) is 0 Å². The van der Waals surface area contributed by atoms with Gasteiger partial charge in [-0.15, -0.1) is 0 Å². The summed E-state index contributed by atoms with van der Waals surface area (Å²) in [6, 6.07) is 10.1. The fraction of sp³-hybridized carbons (Fsp3) is 0.333. The largest absolute Gasteiger partial charge is 0.376 e. The molecule has 5 heteroatoms. The average molecular weight is 271 g/mol. The van der Waals surface area contributed by atoms with Crippen molar-refractivity contribution in [2.75, 3.05) is 36.2 Å². The number of hydrogen-bond donors (Lipinski definition) is 2. The SMILES string of the molecule is CCNc1cc(Nc2ccccc2N(C)C)nc(C)n1. The van der Waals surface area contributed by atoms with Crippen LogP contribution in [0, 0.1) is 6.92 Å². The van der Waals surface area contributed by atoms with Gasteiger partial charge in [0.05, 0.1) is 11.4 Å². The van der Waals surface area contributed by atoms with Gasteiger partial charge in [0.2, 0.25) is 0 Å². The van der Waals surface area contributed by atoms with E-state index in [-0.39, 0.29) is 0 Å². The average Bonchev–Trinajstić information content (AvgIpc) is 2.38. The zero-order valence-electron chi connectivity index (χ0n) is 12.4. The molecule has 106 valence electrons. The van der Waals surface area contributed by atoms with Crippen LogP contribution in [0.25, 0.3) is 0 Å². The molecule has 0 spiro atoms. The number of anilines is 4. The first-order valence-corrected chi connectivity index (χ1v) is 6.73. The molecule has 0 amide bonds. The van der Waals surface area contributed by atoms with E-state index in [2.05, 4.69) is 31.6 Å². The lowest BCUT2D eigenvalue weighted by molar-refractivity contribution is 1.04. The molecule has 0 unspecified atom stereocenters. The quantitative estimate of drug-likeness (QED) is 0.875. The van der Waals surface area contributed by atoms with Gasteiger partial charge in [-0.1, -0.05) is 12.1 Å². The summed E-state index contributed by atoms with van der Waals surface area (Å²) in [6.45, 7) is 4.78. The Bertz CT molecular complexity index is 580. The molecule has 0 saturated heterocycles. The lowest BCUT2D eigenvalue weighted by Crippen LogP contribution is -2.11. The van der Waals surface area contributed by atoms with Crippen molar-refractivity contribution in [2.24, 2.45) is 0 Å². The van der Waals surface area contributed by atoms with Crippen molar-refractivity contribution in [3.8, 4) is 0 Å². The van der Waals surface area contributed by atoms with Crippen LogP contribution in [-0.4, -0.2) is 30.6 Å². The highest BCUT2D eigenvalue weighted by molar-refractivity contribution is 5.74. The zero-order valence-corrected chi connectivity index (χ0v) is 12.4. The van der Waals surface area contributed by atoms with Crippen LogP contribution in [0.15, 0.2) is 30.3 Å². The Kier molecular flexibility index (Phi) is 4.40. The van der Waals surface area contributed by atoms with Crippen molar-refractivity contribution >= 4 is 23.0 Å². The highest BCUT2D eigenvalue weighted by atomic mass is 15.1. The third kappa shape index (κ3) is 3.38. The molecule has 0 atom stereocenters. The van der Waals surface area contributed by atoms with Crippen molar-refractivity contribution in [3.05, 3.63) is 36.2 Å². The van der Waals surface area contributed by atoms with Gasteiger partial charge in [0.25, 0.3) is 0 Å². The molecule has 0 bridgehead atoms. The van der Waals surface area contributed by atoms with Gasteiger partial charge >= 0.3 is 0 Å². The van der Waals surface area contributed by atoms with Crippen LogP contribution in [0.3, 0.4) is 0 Å². The van der Waals surface area contributed by atoms with Crippen LogP contribution >= 0.6 is 0 Å². The molecule has 20 heavy (non-hydrogen) atoms. The summed E-state index contributed by atoms with van der Waals surface area (Å²) in [6.07, 6.45) is 0. The van der Waals surface area contributed by atoms with Crippen molar-refractivity contribution < 1.29 is 0 Å². The zero-order chi connectivity index (χ0) is 14.5. The third-order valence-electron chi connectivity index (χ3n) is 2.84. The van der Waals surface area contributed by atoms with Gasteiger partial charge in [-0.25, -0.2) is 9.97 Å². The highest BCUT2D eigenvalue weighted by Gasteiger charge is 2.06. The number of para-hydroxylation sites is 2. The van der Waals surface area contributed by atoms with E-state index >= 15 is 0 Å². The van der Waals surface area contributed by atoms with Crippen molar-refractivity contribution in [2.45, 2.75) is 13.8 Å². The number of nitrogens with one attached hydrogen (secondary N) is 2. The number of rotatable bonds is 5. The number of hydrogen-bond acceptors (Lipinski definition) is 5. The van der Waals surface area contributed by atoms with Gasteiger partial charge < -0.3 is 15.5 Å². The van der Waals surface area contributed by atoms with Crippen LogP contribution in [0.2, 0.25) is 0 Å². The molecule has 1 aromatic heterocycles. The van der Waals surface area contributed by atoms with Crippen LogP contribution in [0.4, 0.5) is 23.0 Å². The highest BCUT2D eigenvalue weighted by Crippen LogP contribution is 2.27. The normalized spacial score (nSPS) is 10.2. The van der Waals surface area contributed by atoms with E-state index in [0.717, 1.165) is 35.4 Å². The fourth-order valence-corrected chi connectivity index (χ4v) is 2.01. The van der Waals surface area contributed by atoms with E-state index in [1.165, 1.54) is 0 Å². The molecule has 2 rings (SSSR count). The summed E-state index contributed by atoms with van der Waals surface area (Å²) < 4.78 is 0. The number of nitrogens with zero attached hydrogens (tertiary/aromatic N) is 3. The third-order valence-corrected chi connectivity index (χ3v) is 2.84. The second kappa shape index (κ2) is 6.23. The molecular formula is C15H21N5. The van der Waals surface area contributed by atoms with Gasteiger partial charge in [-0.3, -0.25) is 0 Å². The van der Waals surface area contributed by atoms with Gasteiger partial charge in [-0.05, 0) is 26.0 Å². The van der Waals surface area contributed by atoms with E-state index in [9.17, 15) is 0 Å². The maximum absolute atomic E-state index is 4.43. The second-order valence-electron chi connectivity index (χ2n) is 4.75. The fourth-order valence-electron chi connectivity index (χ4n) is 2.01. The molecule has 0 saturated carbocycles. The molecule has 2 aromatic rings. The standard InChI is InChI=1S/C15H21N5/c1-5-16-14-10-15(18-11(2)17-14)19-12-8-6-7-9-13(12)20(3)4/h6-10H,5H2,1-4H3,(H2,16,17,18,19). The minimum absolute atomic E-state index is 0.744. The van der Waals surface area contributed by atoms with Gasteiger partial charge in [0, 0.05) is 26.7 Å². The van der Waals surface area contributed by atoms with E-state index in [0.29, 0.717) is 0 Å². The van der Waals surface area contributed by atoms with Crippen molar-refractivity contribution in [1.82, 2.24) is 9.97 Å². The summed E-state index contributed by atoms with van der Waals surface area (Å²) in [5, 5.41) is 6.57. The van der Waals surface area contributed by atoms with Gasteiger partial charge in [0.15, 0.2) is 0 Å². The number of aromatic nitrogens is 2. The monoisotopic (exact) mass is 271 g/mol. The molecule has 0 fully saturated rings. The van der Waals surface area contributed by atoms with E-state index < -0.39 is 0 Å². The molecule has 0 radical (unpaired) electrons. The van der Waals surface area contributed by atoms with Gasteiger partial charge in [0.1, 0.15) is 17.5 Å². The molecule has 1 heterocycles. The molecule has 0 aliphatic carbocycles. The van der Waals surface area contributed by atoms with Crippen LogP contribution in [-0.2, 0) is 0 Å². The molecule has 1 aromatic carbocycles. The molecule has 0 aliphatic rings. The number of benzene rings is 1. The van der Waals surface area contributed by atoms with Gasteiger partial charge in [-0.2, -0.15) is 0 Å². The Labute approximate surface area is 120 Å². The number of aryl methyl sites for hydroxylation is 1. The Balaban J connectivity index is 2.30. The maximum atomic E-state index is 4.43. The van der Waals surface area contributed by atoms with Crippen molar-refractivity contribution in [1.29, 1.82) is 0 Å². The summed E-state index contributed by atoms with van der Waals surface area (Å²) >= 11 is 0. The summed E-state index contributed by atoms with van der Waals surface area (Å²) in [5.41, 5.74) is 2.15. The first-order valence-electron chi connectivity index (χ1n) is 6.73. The molecular weight excluding hydrogens is 250 g/mol. The van der Waals surface area contributed by atoms with E-state index in [1.54, 1.807) is 0 Å². The Morgan fingerprint density at radius 2 is 1.80 bits per heavy atom. The first-order chi connectivity index (χ1) is 9.60. The molecule has 2 N–H and O–H groups in total. The minimum atomic E-state index is 0.744. The summed E-state index contributed by atoms with van der Waals surface area (Å²) in [7, 11) is 4.05. The van der Waals surface area contributed by atoms with Crippen molar-refractivity contribution in [3.63, 3.8) is 0 Å². The predicted molar refractivity (Wildman–Crippen MR) is 85.0 cm³/mol. The topological polar surface area (TPSA) is 53.1 Å². The summed E-state index contributed by atoms with van der Waals surface area (Å²) in [4.78, 5) is 10.9. The Hall–Kier alpha value is -2.30. The van der Waals surface area contributed by atoms with Crippen LogP contribution < -0.4 is 15.5 Å². The van der Waals surface area contributed by atoms with E-state index in [4.69, 9.17) is 0 Å². The van der Waals surface area contributed by atoms with E-state index in [1.807, 2.05) is 52.2 Å². The minimum Gasteiger partial charge on any atom is -0.376 e.